The van der Waals surface area contributed by atoms with Crippen LogP contribution in [-0.4, -0.2) is 26.2 Å². The van der Waals surface area contributed by atoms with Crippen molar-refractivity contribution in [1.29, 1.82) is 0 Å². The molecule has 2 rings (SSSR count). The minimum absolute atomic E-state index is 0.0373. The Balaban J connectivity index is 2.38. The van der Waals surface area contributed by atoms with Crippen LogP contribution in [0, 0.1) is 17.5 Å². The largest absolute Gasteiger partial charge is 0.466 e. The molecule has 0 atom stereocenters. The number of alkyl halides is 3. The third-order valence-corrected chi connectivity index (χ3v) is 3.62. The van der Waals surface area contributed by atoms with E-state index in [1.54, 1.807) is 0 Å². The summed E-state index contributed by atoms with van der Waals surface area (Å²) in [4.78, 5) is 23.1. The lowest BCUT2D eigenvalue weighted by atomic mass is 10.2. The van der Waals surface area contributed by atoms with Crippen molar-refractivity contribution in [2.45, 2.75) is 6.18 Å². The van der Waals surface area contributed by atoms with Crippen LogP contribution in [-0.2, 0) is 25.2 Å². The molecular formula is C19H13F6NO5. The average Bonchev–Trinajstić information content (AvgIpc) is 2.70. The lowest BCUT2D eigenvalue weighted by Gasteiger charge is -2.14. The van der Waals surface area contributed by atoms with E-state index in [9.17, 15) is 35.9 Å². The number of hydrogen-bond donors (Lipinski definition) is 1. The van der Waals surface area contributed by atoms with Crippen LogP contribution in [0.15, 0.2) is 42.1 Å². The first kappa shape index (κ1) is 23.6. The van der Waals surface area contributed by atoms with Crippen molar-refractivity contribution in [3.63, 3.8) is 0 Å². The van der Waals surface area contributed by atoms with Crippen LogP contribution in [0.25, 0.3) is 0 Å². The molecule has 0 fully saturated rings. The van der Waals surface area contributed by atoms with Gasteiger partial charge in [-0.25, -0.2) is 22.8 Å². The quantitative estimate of drug-likeness (QED) is 0.396. The van der Waals surface area contributed by atoms with Gasteiger partial charge < -0.3 is 19.5 Å². The molecule has 0 aliphatic rings. The molecule has 31 heavy (non-hydrogen) atoms. The Morgan fingerprint density at radius 2 is 1.55 bits per heavy atom. The number of ether oxygens (including phenoxy) is 3. The second kappa shape index (κ2) is 9.41. The van der Waals surface area contributed by atoms with Gasteiger partial charge in [0.1, 0.15) is 17.3 Å². The molecule has 0 saturated carbocycles. The number of carbonyl (C=O) groups excluding carboxylic acids is 2. The Morgan fingerprint density at radius 1 is 0.935 bits per heavy atom. The Morgan fingerprint density at radius 3 is 2.06 bits per heavy atom. The van der Waals surface area contributed by atoms with Crippen molar-refractivity contribution in [3.8, 4) is 11.5 Å². The van der Waals surface area contributed by atoms with Crippen molar-refractivity contribution in [2.24, 2.45) is 0 Å². The fourth-order valence-corrected chi connectivity index (χ4v) is 2.18. The SMILES string of the molecule is COC(=O)/C=C(/Nc1cc(Oc2c(F)cc(C(F)(F)F)cc2F)ccc1F)C(=O)OC. The molecule has 0 saturated heterocycles. The maximum atomic E-state index is 14.1. The molecule has 0 radical (unpaired) electrons. The lowest BCUT2D eigenvalue weighted by Crippen LogP contribution is -2.16. The molecule has 6 nitrogen and oxygen atoms in total. The first-order chi connectivity index (χ1) is 14.5. The van der Waals surface area contributed by atoms with Crippen LogP contribution in [0.1, 0.15) is 5.56 Å². The third kappa shape index (κ3) is 5.90. The number of carbonyl (C=O) groups is 2. The number of nitrogens with one attached hydrogen (secondary N) is 1. The predicted molar refractivity (Wildman–Crippen MR) is 93.6 cm³/mol. The summed E-state index contributed by atoms with van der Waals surface area (Å²) in [6, 6.07) is 2.63. The third-order valence-electron chi connectivity index (χ3n) is 3.62. The van der Waals surface area contributed by atoms with E-state index in [0.29, 0.717) is 6.08 Å². The normalized spacial score (nSPS) is 11.7. The van der Waals surface area contributed by atoms with Crippen LogP contribution in [0.5, 0.6) is 11.5 Å². The summed E-state index contributed by atoms with van der Waals surface area (Å²) in [6.45, 7) is 0. The first-order valence-electron chi connectivity index (χ1n) is 8.15. The number of halogens is 6. The van der Waals surface area contributed by atoms with Gasteiger partial charge in [0.25, 0.3) is 0 Å². The lowest BCUT2D eigenvalue weighted by molar-refractivity contribution is -0.138. The van der Waals surface area contributed by atoms with E-state index in [2.05, 4.69) is 14.8 Å². The molecule has 1 N–H and O–H groups in total. The minimum Gasteiger partial charge on any atom is -0.466 e. The summed E-state index contributed by atoms with van der Waals surface area (Å²) in [5.74, 6) is -7.88. The van der Waals surface area contributed by atoms with Crippen molar-refractivity contribution < 1.29 is 50.1 Å². The first-order valence-corrected chi connectivity index (χ1v) is 8.15. The molecule has 0 heterocycles. The van der Waals surface area contributed by atoms with E-state index in [0.717, 1.165) is 32.4 Å². The highest BCUT2D eigenvalue weighted by atomic mass is 19.4. The summed E-state index contributed by atoms with van der Waals surface area (Å²) < 4.78 is 93.7. The van der Waals surface area contributed by atoms with Crippen molar-refractivity contribution in [3.05, 3.63) is 65.1 Å². The standard InChI is InChI=1S/C19H13F6NO5/c1-29-16(27)8-15(18(28)30-2)26-14-7-10(3-4-11(14)20)31-17-12(21)5-9(6-13(17)22)19(23,24)25/h3-8,26H,1-2H3/b15-8+. The zero-order valence-electron chi connectivity index (χ0n) is 15.8. The van der Waals surface area contributed by atoms with E-state index in [1.165, 1.54) is 0 Å². The number of benzene rings is 2. The summed E-state index contributed by atoms with van der Waals surface area (Å²) in [5.41, 5.74) is -2.59. The number of esters is 2. The zero-order chi connectivity index (χ0) is 23.3. The second-order valence-corrected chi connectivity index (χ2v) is 5.71. The van der Waals surface area contributed by atoms with Gasteiger partial charge in [0.05, 0.1) is 31.5 Å². The molecule has 0 spiro atoms. The van der Waals surface area contributed by atoms with Gasteiger partial charge in [-0.1, -0.05) is 0 Å². The Bertz CT molecular complexity index is 1010. The smallest absolute Gasteiger partial charge is 0.416 e. The molecule has 0 aliphatic carbocycles. The van der Waals surface area contributed by atoms with Crippen molar-refractivity contribution in [2.75, 3.05) is 19.5 Å². The molecular weight excluding hydrogens is 436 g/mol. The topological polar surface area (TPSA) is 73.9 Å². The molecule has 166 valence electrons. The van der Waals surface area contributed by atoms with Crippen LogP contribution in [0.3, 0.4) is 0 Å². The molecule has 0 aromatic heterocycles. The van der Waals surface area contributed by atoms with Crippen LogP contribution in [0.2, 0.25) is 0 Å². The molecule has 0 bridgehead atoms. The molecule has 0 unspecified atom stereocenters. The monoisotopic (exact) mass is 449 g/mol. The van der Waals surface area contributed by atoms with Gasteiger partial charge in [-0.15, -0.1) is 0 Å². The number of methoxy groups -OCH3 is 2. The summed E-state index contributed by atoms with van der Waals surface area (Å²) in [6.07, 6.45) is -4.32. The van der Waals surface area contributed by atoms with Gasteiger partial charge >= 0.3 is 18.1 Å². The maximum absolute atomic E-state index is 14.1. The molecule has 0 amide bonds. The molecule has 2 aromatic rings. The molecule has 2 aromatic carbocycles. The van der Waals surface area contributed by atoms with Gasteiger partial charge in [0, 0.05) is 6.07 Å². The fraction of sp³-hybridized carbons (Fsp3) is 0.158. The van der Waals surface area contributed by atoms with Gasteiger partial charge in [-0.05, 0) is 24.3 Å². The number of hydrogen-bond acceptors (Lipinski definition) is 6. The molecule has 0 aliphatic heterocycles. The Hall–Kier alpha value is -3.70. The highest BCUT2D eigenvalue weighted by Gasteiger charge is 2.33. The fourth-order valence-electron chi connectivity index (χ4n) is 2.18. The summed E-state index contributed by atoms with van der Waals surface area (Å²) in [5, 5.41) is 2.24. The number of anilines is 1. The predicted octanol–water partition coefficient (Wildman–Crippen LogP) is 4.56. The van der Waals surface area contributed by atoms with E-state index in [4.69, 9.17) is 4.74 Å². The van der Waals surface area contributed by atoms with E-state index >= 15 is 0 Å². The van der Waals surface area contributed by atoms with Gasteiger partial charge in [0.2, 0.25) is 0 Å². The van der Waals surface area contributed by atoms with E-state index in [-0.39, 0.29) is 12.1 Å². The Labute approximate surface area is 171 Å². The van der Waals surface area contributed by atoms with Crippen molar-refractivity contribution in [1.82, 2.24) is 0 Å². The van der Waals surface area contributed by atoms with Crippen LogP contribution in [0.4, 0.5) is 32.0 Å². The second-order valence-electron chi connectivity index (χ2n) is 5.71. The highest BCUT2D eigenvalue weighted by Crippen LogP contribution is 2.36. The summed E-state index contributed by atoms with van der Waals surface area (Å²) in [7, 11) is 2.01. The van der Waals surface area contributed by atoms with E-state index < -0.39 is 64.0 Å². The maximum Gasteiger partial charge on any atom is 0.416 e. The van der Waals surface area contributed by atoms with E-state index in [1.807, 2.05) is 0 Å². The summed E-state index contributed by atoms with van der Waals surface area (Å²) >= 11 is 0. The average molecular weight is 449 g/mol. The van der Waals surface area contributed by atoms with Gasteiger partial charge in [-0.3, -0.25) is 0 Å². The minimum atomic E-state index is -4.98. The zero-order valence-corrected chi connectivity index (χ0v) is 15.8. The van der Waals surface area contributed by atoms with Crippen molar-refractivity contribution >= 4 is 17.6 Å². The Kier molecular flexibility index (Phi) is 7.16. The molecule has 12 heteroatoms. The number of rotatable bonds is 6. The van der Waals surface area contributed by atoms with Gasteiger partial charge in [-0.2, -0.15) is 13.2 Å². The highest BCUT2D eigenvalue weighted by molar-refractivity contribution is 5.98. The van der Waals surface area contributed by atoms with Gasteiger partial charge in [0.15, 0.2) is 17.4 Å². The van der Waals surface area contributed by atoms with Crippen LogP contribution < -0.4 is 10.1 Å². The van der Waals surface area contributed by atoms with Crippen LogP contribution >= 0.6 is 0 Å².